The summed E-state index contributed by atoms with van der Waals surface area (Å²) in [5.41, 5.74) is 0.858. The Kier molecular flexibility index (Phi) is 4.95. The number of carbonyl (C=O) groups excluding carboxylic acids is 1. The number of hydrogen-bond acceptors (Lipinski definition) is 2. The van der Waals surface area contributed by atoms with Crippen LogP contribution >= 0.6 is 0 Å². The van der Waals surface area contributed by atoms with Crippen molar-refractivity contribution in [2.24, 2.45) is 5.92 Å². The van der Waals surface area contributed by atoms with E-state index in [1.165, 1.54) is 12.1 Å². The van der Waals surface area contributed by atoms with Crippen molar-refractivity contribution < 1.29 is 13.9 Å². The van der Waals surface area contributed by atoms with Gasteiger partial charge in [0.05, 0.1) is 12.6 Å². The molecule has 0 radical (unpaired) electrons. The van der Waals surface area contributed by atoms with Gasteiger partial charge >= 0.3 is 6.03 Å². The van der Waals surface area contributed by atoms with Crippen molar-refractivity contribution >= 4 is 6.03 Å². The number of methoxy groups -OCH3 is 1. The summed E-state index contributed by atoms with van der Waals surface area (Å²) in [5, 5.41) is 2.83. The van der Waals surface area contributed by atoms with Crippen LogP contribution in [0.5, 0.6) is 0 Å². The van der Waals surface area contributed by atoms with Crippen LogP contribution in [-0.4, -0.2) is 37.7 Å². The van der Waals surface area contributed by atoms with Gasteiger partial charge in [0.1, 0.15) is 5.82 Å². The minimum atomic E-state index is -0.262. The molecule has 0 unspecified atom stereocenters. The quantitative estimate of drug-likeness (QED) is 0.861. The second-order valence-corrected chi connectivity index (χ2v) is 5.29. The van der Waals surface area contributed by atoms with Crippen LogP contribution in [-0.2, 0) is 4.74 Å². The summed E-state index contributed by atoms with van der Waals surface area (Å²) in [6, 6.07) is 6.34. The molecule has 0 spiro atoms. The normalized spacial score (nSPS) is 22.1. The van der Waals surface area contributed by atoms with Crippen LogP contribution in [0.1, 0.15) is 24.9 Å². The first-order valence-electron chi connectivity index (χ1n) is 6.90. The number of urea groups is 1. The lowest BCUT2D eigenvalue weighted by Crippen LogP contribution is -2.41. The molecule has 20 heavy (non-hydrogen) atoms. The van der Waals surface area contributed by atoms with Gasteiger partial charge in [0.2, 0.25) is 0 Å². The molecule has 1 aliphatic heterocycles. The summed E-state index contributed by atoms with van der Waals surface area (Å²) >= 11 is 0. The van der Waals surface area contributed by atoms with Gasteiger partial charge < -0.3 is 15.0 Å². The highest BCUT2D eigenvalue weighted by Gasteiger charge is 2.34. The van der Waals surface area contributed by atoms with E-state index in [0.717, 1.165) is 12.0 Å². The van der Waals surface area contributed by atoms with E-state index in [1.54, 1.807) is 18.1 Å². The third-order valence-corrected chi connectivity index (χ3v) is 3.59. The summed E-state index contributed by atoms with van der Waals surface area (Å²) in [5.74, 6) is 0.151. The molecule has 0 aliphatic carbocycles. The molecule has 4 nitrogen and oxygen atoms in total. The predicted octanol–water partition coefficient (Wildman–Crippen LogP) is 2.56. The molecule has 1 N–H and O–H groups in total. The van der Waals surface area contributed by atoms with Gasteiger partial charge in [-0.2, -0.15) is 0 Å². The molecular weight excluding hydrogens is 259 g/mol. The van der Waals surface area contributed by atoms with Crippen LogP contribution in [0.4, 0.5) is 9.18 Å². The number of ether oxygens (including phenoxy) is 1. The van der Waals surface area contributed by atoms with Crippen molar-refractivity contribution in [3.63, 3.8) is 0 Å². The van der Waals surface area contributed by atoms with Crippen molar-refractivity contribution in [1.82, 2.24) is 10.2 Å². The minimum absolute atomic E-state index is 0.0526. The zero-order valence-corrected chi connectivity index (χ0v) is 11.9. The van der Waals surface area contributed by atoms with Crippen LogP contribution in [0.15, 0.2) is 24.3 Å². The second kappa shape index (κ2) is 6.70. The van der Waals surface area contributed by atoms with E-state index in [9.17, 15) is 9.18 Å². The van der Waals surface area contributed by atoms with Gasteiger partial charge in [-0.3, -0.25) is 0 Å². The van der Waals surface area contributed by atoms with Crippen molar-refractivity contribution in [2.45, 2.75) is 19.4 Å². The average Bonchev–Trinajstić information content (AvgIpc) is 2.81. The SMILES string of the molecule is COCCNC(=O)N1C[C@@H](C)C[C@H]1c1cccc(F)c1. The summed E-state index contributed by atoms with van der Waals surface area (Å²) in [6.07, 6.45) is 0.862. The van der Waals surface area contributed by atoms with Crippen LogP contribution in [0.3, 0.4) is 0 Å². The predicted molar refractivity (Wildman–Crippen MR) is 74.9 cm³/mol. The topological polar surface area (TPSA) is 41.6 Å². The van der Waals surface area contributed by atoms with Gasteiger partial charge in [-0.15, -0.1) is 0 Å². The molecule has 110 valence electrons. The maximum atomic E-state index is 13.4. The van der Waals surface area contributed by atoms with Crippen LogP contribution in [0.2, 0.25) is 0 Å². The van der Waals surface area contributed by atoms with E-state index in [1.807, 2.05) is 6.07 Å². The maximum Gasteiger partial charge on any atom is 0.318 e. The highest BCUT2D eigenvalue weighted by atomic mass is 19.1. The van der Waals surface area contributed by atoms with E-state index in [-0.39, 0.29) is 17.9 Å². The lowest BCUT2D eigenvalue weighted by atomic mass is 10.0. The number of carbonyl (C=O) groups is 1. The monoisotopic (exact) mass is 280 g/mol. The Morgan fingerprint density at radius 2 is 2.35 bits per heavy atom. The Morgan fingerprint density at radius 3 is 3.05 bits per heavy atom. The lowest BCUT2D eigenvalue weighted by Gasteiger charge is -2.25. The largest absolute Gasteiger partial charge is 0.383 e. The smallest absolute Gasteiger partial charge is 0.318 e. The standard InChI is InChI=1S/C15H21FN2O2/c1-11-8-14(12-4-3-5-13(16)9-12)18(10-11)15(19)17-6-7-20-2/h3-5,9,11,14H,6-8,10H2,1-2H3,(H,17,19)/t11-,14-/m0/s1. The first kappa shape index (κ1) is 14.8. The fourth-order valence-electron chi connectivity index (χ4n) is 2.66. The Balaban J connectivity index is 2.08. The van der Waals surface area contributed by atoms with E-state index in [2.05, 4.69) is 12.2 Å². The second-order valence-electron chi connectivity index (χ2n) is 5.29. The molecule has 0 saturated carbocycles. The molecule has 2 amide bonds. The number of hydrogen-bond donors (Lipinski definition) is 1. The Bertz CT molecular complexity index is 467. The number of amides is 2. The van der Waals surface area contributed by atoms with Gasteiger partial charge in [-0.1, -0.05) is 19.1 Å². The average molecular weight is 280 g/mol. The molecule has 2 rings (SSSR count). The molecular formula is C15H21FN2O2. The van der Waals surface area contributed by atoms with Crippen molar-refractivity contribution in [2.75, 3.05) is 26.8 Å². The number of nitrogens with one attached hydrogen (secondary N) is 1. The molecule has 1 aliphatic rings. The molecule has 1 saturated heterocycles. The number of rotatable bonds is 4. The maximum absolute atomic E-state index is 13.4. The van der Waals surface area contributed by atoms with Crippen LogP contribution in [0.25, 0.3) is 0 Å². The minimum Gasteiger partial charge on any atom is -0.383 e. The van der Waals surface area contributed by atoms with Gasteiger partial charge in [0, 0.05) is 20.2 Å². The first-order chi connectivity index (χ1) is 9.61. The number of likely N-dealkylation sites (tertiary alicyclic amines) is 1. The zero-order chi connectivity index (χ0) is 14.5. The molecule has 5 heteroatoms. The van der Waals surface area contributed by atoms with E-state index >= 15 is 0 Å². The van der Waals surface area contributed by atoms with Crippen LogP contribution < -0.4 is 5.32 Å². The third-order valence-electron chi connectivity index (χ3n) is 3.59. The van der Waals surface area contributed by atoms with Gasteiger partial charge in [-0.25, -0.2) is 9.18 Å². The van der Waals surface area contributed by atoms with Gasteiger partial charge in [-0.05, 0) is 30.0 Å². The molecule has 1 aromatic carbocycles. The molecule has 1 fully saturated rings. The van der Waals surface area contributed by atoms with Crippen LogP contribution in [0, 0.1) is 11.7 Å². The van der Waals surface area contributed by atoms with Gasteiger partial charge in [0.15, 0.2) is 0 Å². The third kappa shape index (κ3) is 3.48. The zero-order valence-electron chi connectivity index (χ0n) is 11.9. The van der Waals surface area contributed by atoms with Crippen molar-refractivity contribution in [3.05, 3.63) is 35.6 Å². The summed E-state index contributed by atoms with van der Waals surface area (Å²) in [4.78, 5) is 14.0. The Hall–Kier alpha value is -1.62. The molecule has 1 heterocycles. The number of halogens is 1. The summed E-state index contributed by atoms with van der Waals surface area (Å²) in [7, 11) is 1.60. The van der Waals surface area contributed by atoms with Crippen molar-refractivity contribution in [1.29, 1.82) is 0 Å². The molecule has 0 bridgehead atoms. The van der Waals surface area contributed by atoms with E-state index in [0.29, 0.717) is 25.6 Å². The molecule has 0 aromatic heterocycles. The Labute approximate surface area is 118 Å². The highest BCUT2D eigenvalue weighted by Crippen LogP contribution is 2.35. The fourth-order valence-corrected chi connectivity index (χ4v) is 2.66. The summed E-state index contributed by atoms with van der Waals surface area (Å²) in [6.45, 7) is 3.77. The molecule has 2 atom stereocenters. The molecule has 1 aromatic rings. The van der Waals surface area contributed by atoms with E-state index < -0.39 is 0 Å². The fraction of sp³-hybridized carbons (Fsp3) is 0.533. The highest BCUT2D eigenvalue weighted by molar-refractivity contribution is 5.75. The van der Waals surface area contributed by atoms with E-state index in [4.69, 9.17) is 4.74 Å². The first-order valence-corrected chi connectivity index (χ1v) is 6.90. The Morgan fingerprint density at radius 1 is 1.55 bits per heavy atom. The van der Waals surface area contributed by atoms with Crippen molar-refractivity contribution in [3.8, 4) is 0 Å². The van der Waals surface area contributed by atoms with Gasteiger partial charge in [0.25, 0.3) is 0 Å². The summed E-state index contributed by atoms with van der Waals surface area (Å²) < 4.78 is 18.3. The number of benzene rings is 1. The lowest BCUT2D eigenvalue weighted by molar-refractivity contribution is 0.176. The number of nitrogens with zero attached hydrogens (tertiary/aromatic N) is 1.